The van der Waals surface area contributed by atoms with E-state index >= 15 is 0 Å². The highest BCUT2D eigenvalue weighted by Crippen LogP contribution is 2.28. The third-order valence-electron chi connectivity index (χ3n) is 2.37. The molecule has 0 saturated heterocycles. The molecule has 0 fully saturated rings. The number of amides is 1. The smallest absolute Gasteiger partial charge is 0.422 e. The van der Waals surface area contributed by atoms with Crippen LogP contribution in [0, 0.1) is 0 Å². The van der Waals surface area contributed by atoms with Crippen molar-refractivity contribution in [3.8, 4) is 0 Å². The van der Waals surface area contributed by atoms with Gasteiger partial charge >= 0.3 is 6.09 Å². The van der Waals surface area contributed by atoms with E-state index in [0.29, 0.717) is 0 Å². The van der Waals surface area contributed by atoms with Crippen molar-refractivity contribution in [2.75, 3.05) is 0 Å². The van der Waals surface area contributed by atoms with Gasteiger partial charge in [-0.3, -0.25) is 5.43 Å². The molecule has 0 aliphatic rings. The van der Waals surface area contributed by atoms with Crippen molar-refractivity contribution >= 4 is 28.8 Å². The van der Waals surface area contributed by atoms with Gasteiger partial charge in [-0.05, 0) is 43.7 Å². The first-order valence-electron chi connectivity index (χ1n) is 6.27. The van der Waals surface area contributed by atoms with Gasteiger partial charge < -0.3 is 4.74 Å². The number of hydrazine groups is 1. The van der Waals surface area contributed by atoms with Gasteiger partial charge in [0, 0.05) is 9.75 Å². The summed E-state index contributed by atoms with van der Waals surface area (Å²) in [5, 5.41) is 4.04. The lowest BCUT2D eigenvalue weighted by molar-refractivity contribution is 0.0492. The highest BCUT2D eigenvalue weighted by molar-refractivity contribution is 7.11. The van der Waals surface area contributed by atoms with Crippen LogP contribution in [0.4, 0.5) is 4.79 Å². The van der Waals surface area contributed by atoms with Gasteiger partial charge in [0.05, 0.1) is 6.04 Å². The first-order chi connectivity index (χ1) is 9.46. The molecule has 0 bridgehead atoms. The molecule has 6 heteroatoms. The van der Waals surface area contributed by atoms with E-state index in [9.17, 15) is 4.79 Å². The molecule has 0 atom stereocenters. The zero-order valence-electron chi connectivity index (χ0n) is 11.7. The van der Waals surface area contributed by atoms with Gasteiger partial charge in [-0.15, -0.1) is 22.7 Å². The second kappa shape index (κ2) is 6.39. The van der Waals surface area contributed by atoms with Gasteiger partial charge in [-0.25, -0.2) is 10.2 Å². The van der Waals surface area contributed by atoms with Crippen LogP contribution in [0.5, 0.6) is 0 Å². The van der Waals surface area contributed by atoms with Crippen LogP contribution < -0.4 is 10.9 Å². The first kappa shape index (κ1) is 15.0. The van der Waals surface area contributed by atoms with E-state index in [1.54, 1.807) is 22.7 Å². The van der Waals surface area contributed by atoms with Gasteiger partial charge in [0.2, 0.25) is 0 Å². The van der Waals surface area contributed by atoms with Crippen molar-refractivity contribution in [2.45, 2.75) is 32.4 Å². The number of hydrogen-bond donors (Lipinski definition) is 2. The Morgan fingerprint density at radius 3 is 2.10 bits per heavy atom. The van der Waals surface area contributed by atoms with Gasteiger partial charge in [0.25, 0.3) is 0 Å². The molecule has 0 unspecified atom stereocenters. The van der Waals surface area contributed by atoms with E-state index in [2.05, 4.69) is 10.9 Å². The standard InChI is InChI=1S/C14H18N2O2S2/c1-14(2,3)18-13(17)16-15-12(10-6-4-8-19-10)11-7-5-9-20-11/h4-9,12,15H,1-3H3,(H,16,17). The molecule has 0 aliphatic carbocycles. The summed E-state index contributed by atoms with van der Waals surface area (Å²) in [5.41, 5.74) is 5.15. The van der Waals surface area contributed by atoms with Crippen LogP contribution in [0.2, 0.25) is 0 Å². The Morgan fingerprint density at radius 2 is 1.70 bits per heavy atom. The molecule has 1 amide bonds. The Kier molecular flexibility index (Phi) is 4.80. The molecule has 2 rings (SSSR count). The van der Waals surface area contributed by atoms with E-state index in [-0.39, 0.29) is 6.04 Å². The maximum Gasteiger partial charge on any atom is 0.422 e. The van der Waals surface area contributed by atoms with Crippen LogP contribution in [-0.4, -0.2) is 11.7 Å². The summed E-state index contributed by atoms with van der Waals surface area (Å²) in [6.07, 6.45) is -0.476. The quantitative estimate of drug-likeness (QED) is 0.841. The molecule has 4 nitrogen and oxygen atoms in total. The van der Waals surface area contributed by atoms with Crippen molar-refractivity contribution in [2.24, 2.45) is 0 Å². The third kappa shape index (κ3) is 4.33. The van der Waals surface area contributed by atoms with Crippen LogP contribution in [-0.2, 0) is 4.74 Å². The van der Waals surface area contributed by atoms with E-state index < -0.39 is 11.7 Å². The fraction of sp³-hybridized carbons (Fsp3) is 0.357. The number of ether oxygens (including phenoxy) is 1. The van der Waals surface area contributed by atoms with Crippen LogP contribution in [0.3, 0.4) is 0 Å². The predicted octanol–water partition coefficient (Wildman–Crippen LogP) is 3.93. The largest absolute Gasteiger partial charge is 0.443 e. The molecule has 0 aromatic carbocycles. The SMILES string of the molecule is CC(C)(C)OC(=O)NNC(c1cccs1)c1cccs1. The molecule has 2 aromatic rings. The molecule has 20 heavy (non-hydrogen) atoms. The zero-order chi connectivity index (χ0) is 14.6. The summed E-state index contributed by atoms with van der Waals surface area (Å²) in [5.74, 6) is 0. The average molecular weight is 310 g/mol. The molecular weight excluding hydrogens is 292 g/mol. The zero-order valence-corrected chi connectivity index (χ0v) is 13.3. The summed E-state index contributed by atoms with van der Waals surface area (Å²) in [7, 11) is 0. The predicted molar refractivity (Wildman–Crippen MR) is 83.0 cm³/mol. The topological polar surface area (TPSA) is 50.4 Å². The van der Waals surface area contributed by atoms with Gasteiger partial charge in [-0.2, -0.15) is 0 Å². The second-order valence-electron chi connectivity index (χ2n) is 5.24. The van der Waals surface area contributed by atoms with Crippen LogP contribution >= 0.6 is 22.7 Å². The van der Waals surface area contributed by atoms with Gasteiger partial charge in [0.15, 0.2) is 0 Å². The molecular formula is C14H18N2O2S2. The maximum absolute atomic E-state index is 11.7. The minimum atomic E-state index is -0.507. The lowest BCUT2D eigenvalue weighted by atomic mass is 10.2. The molecule has 2 aromatic heterocycles. The van der Waals surface area contributed by atoms with Crippen molar-refractivity contribution in [1.29, 1.82) is 0 Å². The monoisotopic (exact) mass is 310 g/mol. The fourth-order valence-corrected chi connectivity index (χ4v) is 3.29. The third-order valence-corrected chi connectivity index (χ3v) is 4.25. The number of rotatable bonds is 4. The molecule has 2 heterocycles. The lowest BCUT2D eigenvalue weighted by Gasteiger charge is -2.22. The van der Waals surface area contributed by atoms with E-state index in [0.717, 1.165) is 9.75 Å². The summed E-state index contributed by atoms with van der Waals surface area (Å²) in [6.45, 7) is 5.51. The lowest BCUT2D eigenvalue weighted by Crippen LogP contribution is -2.42. The summed E-state index contributed by atoms with van der Waals surface area (Å²) < 4.78 is 5.22. The van der Waals surface area contributed by atoms with Gasteiger partial charge in [-0.1, -0.05) is 12.1 Å². The summed E-state index contributed by atoms with van der Waals surface area (Å²) in [6, 6.07) is 8.02. The van der Waals surface area contributed by atoms with Crippen LogP contribution in [0.25, 0.3) is 0 Å². The number of thiophene rings is 2. The van der Waals surface area contributed by atoms with Gasteiger partial charge in [0.1, 0.15) is 5.60 Å². The maximum atomic E-state index is 11.7. The highest BCUT2D eigenvalue weighted by atomic mass is 32.1. The number of hydrogen-bond acceptors (Lipinski definition) is 5. The molecule has 0 saturated carbocycles. The van der Waals surface area contributed by atoms with Crippen molar-refractivity contribution in [3.05, 3.63) is 44.8 Å². The van der Waals surface area contributed by atoms with Crippen LogP contribution in [0.15, 0.2) is 35.0 Å². The number of carbonyl (C=O) groups excluding carboxylic acids is 1. The van der Waals surface area contributed by atoms with E-state index in [1.807, 2.05) is 55.8 Å². The number of nitrogens with one attached hydrogen (secondary N) is 2. The highest BCUT2D eigenvalue weighted by Gasteiger charge is 2.20. The van der Waals surface area contributed by atoms with E-state index in [4.69, 9.17) is 4.74 Å². The second-order valence-corrected chi connectivity index (χ2v) is 7.19. The number of carbonyl (C=O) groups is 1. The summed E-state index contributed by atoms with van der Waals surface area (Å²) in [4.78, 5) is 14.0. The van der Waals surface area contributed by atoms with E-state index in [1.165, 1.54) is 0 Å². The minimum absolute atomic E-state index is 0.0532. The molecule has 0 aliphatic heterocycles. The Bertz CT molecular complexity index is 496. The Labute approximate surface area is 126 Å². The molecule has 0 radical (unpaired) electrons. The fourth-order valence-electron chi connectivity index (χ4n) is 1.63. The molecule has 2 N–H and O–H groups in total. The first-order valence-corrected chi connectivity index (χ1v) is 8.03. The molecule has 0 spiro atoms. The minimum Gasteiger partial charge on any atom is -0.443 e. The van der Waals surface area contributed by atoms with Crippen molar-refractivity contribution < 1.29 is 9.53 Å². The Balaban J connectivity index is 2.01. The van der Waals surface area contributed by atoms with Crippen molar-refractivity contribution in [3.63, 3.8) is 0 Å². The average Bonchev–Trinajstić information content (AvgIpc) is 2.98. The normalized spacial score (nSPS) is 11.6. The molecule has 108 valence electrons. The Morgan fingerprint density at radius 1 is 1.15 bits per heavy atom. The summed E-state index contributed by atoms with van der Waals surface area (Å²) >= 11 is 3.29. The van der Waals surface area contributed by atoms with Crippen LogP contribution in [0.1, 0.15) is 36.6 Å². The Hall–Kier alpha value is -1.37. The van der Waals surface area contributed by atoms with Crippen molar-refractivity contribution in [1.82, 2.24) is 10.9 Å².